The largest absolute Gasteiger partial charge is 0.390 e. The Bertz CT molecular complexity index is 708. The van der Waals surface area contributed by atoms with Gasteiger partial charge in [0.05, 0.1) is 12.3 Å². The molecule has 3 rings (SSSR count). The molecule has 0 spiro atoms. The van der Waals surface area contributed by atoms with Gasteiger partial charge in [-0.2, -0.15) is 5.10 Å². The standard InChI is InChI=1S/C17H19N3OS/c21-12-16(18-19-17(22)20-9-3-4-10-20)15-8-7-13-5-1-2-6-14(13)11-15/h1-2,5-8,11,21H,3-4,9-10,12H2,(H,19,22)/b18-16-. The zero-order valence-electron chi connectivity index (χ0n) is 12.3. The van der Waals surface area contributed by atoms with Crippen molar-refractivity contribution in [1.82, 2.24) is 10.3 Å². The zero-order valence-corrected chi connectivity index (χ0v) is 13.1. The van der Waals surface area contributed by atoms with Gasteiger partial charge < -0.3 is 10.0 Å². The van der Waals surface area contributed by atoms with Crippen molar-refractivity contribution in [2.75, 3.05) is 19.7 Å². The molecule has 0 unspecified atom stereocenters. The maximum atomic E-state index is 9.60. The lowest BCUT2D eigenvalue weighted by atomic mass is 10.0. The molecule has 2 aromatic carbocycles. The molecule has 0 saturated carbocycles. The summed E-state index contributed by atoms with van der Waals surface area (Å²) in [5.41, 5.74) is 4.40. The molecule has 2 N–H and O–H groups in total. The van der Waals surface area contributed by atoms with Crippen molar-refractivity contribution >= 4 is 33.8 Å². The van der Waals surface area contributed by atoms with E-state index in [4.69, 9.17) is 12.2 Å². The van der Waals surface area contributed by atoms with Gasteiger partial charge in [0.25, 0.3) is 0 Å². The van der Waals surface area contributed by atoms with E-state index in [1.807, 2.05) is 30.3 Å². The van der Waals surface area contributed by atoms with Crippen LogP contribution in [0.25, 0.3) is 10.8 Å². The minimum Gasteiger partial charge on any atom is -0.390 e. The first kappa shape index (κ1) is 14.9. The molecule has 1 heterocycles. The van der Waals surface area contributed by atoms with Gasteiger partial charge in [-0.1, -0.05) is 36.4 Å². The Morgan fingerprint density at radius 3 is 2.59 bits per heavy atom. The lowest BCUT2D eigenvalue weighted by Gasteiger charge is -2.17. The van der Waals surface area contributed by atoms with Gasteiger partial charge in [0.2, 0.25) is 0 Å². The number of rotatable bonds is 3. The van der Waals surface area contributed by atoms with Crippen LogP contribution in [0, 0.1) is 0 Å². The molecule has 0 aliphatic carbocycles. The highest BCUT2D eigenvalue weighted by Gasteiger charge is 2.14. The molecule has 114 valence electrons. The molecule has 0 bridgehead atoms. The summed E-state index contributed by atoms with van der Waals surface area (Å²) in [7, 11) is 0. The van der Waals surface area contributed by atoms with Gasteiger partial charge in [-0.3, -0.25) is 5.43 Å². The van der Waals surface area contributed by atoms with E-state index in [-0.39, 0.29) is 6.61 Å². The summed E-state index contributed by atoms with van der Waals surface area (Å²) in [6, 6.07) is 14.2. The first-order chi connectivity index (χ1) is 10.8. The SMILES string of the molecule is OC/C(=N/NC(=S)N1CCCC1)c1ccc2ccccc2c1. The maximum Gasteiger partial charge on any atom is 0.189 e. The van der Waals surface area contributed by atoms with E-state index in [0.29, 0.717) is 10.8 Å². The number of benzene rings is 2. The average Bonchev–Trinajstić information content (AvgIpc) is 3.09. The van der Waals surface area contributed by atoms with Crippen LogP contribution in [0.15, 0.2) is 47.6 Å². The quantitative estimate of drug-likeness (QED) is 0.519. The number of thiocarbonyl (C=S) groups is 1. The average molecular weight is 313 g/mol. The van der Waals surface area contributed by atoms with Crippen molar-refractivity contribution < 1.29 is 5.11 Å². The lowest BCUT2D eigenvalue weighted by Crippen LogP contribution is -2.35. The van der Waals surface area contributed by atoms with E-state index in [1.54, 1.807) is 0 Å². The Balaban J connectivity index is 1.79. The summed E-state index contributed by atoms with van der Waals surface area (Å²) in [5.74, 6) is 0. The molecule has 0 aromatic heterocycles. The van der Waals surface area contributed by atoms with Crippen LogP contribution in [-0.2, 0) is 0 Å². The first-order valence-electron chi connectivity index (χ1n) is 7.49. The number of aliphatic hydroxyl groups excluding tert-OH is 1. The number of aliphatic hydroxyl groups is 1. The fourth-order valence-corrected chi connectivity index (χ4v) is 2.89. The molecule has 5 heteroatoms. The molecule has 22 heavy (non-hydrogen) atoms. The van der Waals surface area contributed by atoms with Gasteiger partial charge in [-0.25, -0.2) is 0 Å². The smallest absolute Gasteiger partial charge is 0.189 e. The summed E-state index contributed by atoms with van der Waals surface area (Å²) >= 11 is 5.33. The van der Waals surface area contributed by atoms with Crippen LogP contribution in [0.3, 0.4) is 0 Å². The number of likely N-dealkylation sites (tertiary alicyclic amines) is 1. The number of nitrogens with one attached hydrogen (secondary N) is 1. The molecular weight excluding hydrogens is 294 g/mol. The van der Waals surface area contributed by atoms with Crippen LogP contribution in [0.5, 0.6) is 0 Å². The van der Waals surface area contributed by atoms with Crippen LogP contribution < -0.4 is 5.43 Å². The number of fused-ring (bicyclic) bond motifs is 1. The normalized spacial score (nSPS) is 15.3. The van der Waals surface area contributed by atoms with Crippen molar-refractivity contribution in [1.29, 1.82) is 0 Å². The maximum absolute atomic E-state index is 9.60. The molecule has 1 aliphatic rings. The van der Waals surface area contributed by atoms with E-state index >= 15 is 0 Å². The van der Waals surface area contributed by atoms with Crippen LogP contribution in [0.4, 0.5) is 0 Å². The molecule has 1 aliphatic heterocycles. The third-order valence-electron chi connectivity index (χ3n) is 3.91. The summed E-state index contributed by atoms with van der Waals surface area (Å²) in [5, 5.41) is 16.8. The van der Waals surface area contributed by atoms with Crippen molar-refractivity contribution in [2.45, 2.75) is 12.8 Å². The predicted octanol–water partition coefficient (Wildman–Crippen LogP) is 2.51. The zero-order chi connectivity index (χ0) is 15.4. The first-order valence-corrected chi connectivity index (χ1v) is 7.90. The molecular formula is C17H19N3OS. The van der Waals surface area contributed by atoms with Gasteiger partial charge in [-0.15, -0.1) is 0 Å². The van der Waals surface area contributed by atoms with E-state index in [0.717, 1.165) is 24.0 Å². The Kier molecular flexibility index (Phi) is 4.65. The summed E-state index contributed by atoms with van der Waals surface area (Å²) in [4.78, 5) is 2.11. The minimum atomic E-state index is -0.131. The van der Waals surface area contributed by atoms with Crippen molar-refractivity contribution in [3.8, 4) is 0 Å². The lowest BCUT2D eigenvalue weighted by molar-refractivity contribution is 0.357. The summed E-state index contributed by atoms with van der Waals surface area (Å²) < 4.78 is 0. The highest BCUT2D eigenvalue weighted by molar-refractivity contribution is 7.80. The van der Waals surface area contributed by atoms with Gasteiger partial charge >= 0.3 is 0 Å². The molecule has 0 radical (unpaired) electrons. The monoisotopic (exact) mass is 313 g/mol. The van der Waals surface area contributed by atoms with E-state index in [9.17, 15) is 5.11 Å². The van der Waals surface area contributed by atoms with E-state index in [1.165, 1.54) is 18.2 Å². The number of hydrogen-bond acceptors (Lipinski definition) is 3. The van der Waals surface area contributed by atoms with Crippen LogP contribution in [0.2, 0.25) is 0 Å². The Morgan fingerprint density at radius 2 is 1.86 bits per heavy atom. The predicted molar refractivity (Wildman–Crippen MR) is 94.1 cm³/mol. The fraction of sp³-hybridized carbons (Fsp3) is 0.294. The number of hydrazone groups is 1. The van der Waals surface area contributed by atoms with Gasteiger partial charge in [0.15, 0.2) is 5.11 Å². The fourth-order valence-electron chi connectivity index (χ4n) is 2.67. The number of hydrogen-bond donors (Lipinski definition) is 2. The van der Waals surface area contributed by atoms with E-state index in [2.05, 4.69) is 27.6 Å². The molecule has 0 atom stereocenters. The Labute approximate surface area is 135 Å². The van der Waals surface area contributed by atoms with Crippen molar-refractivity contribution in [2.24, 2.45) is 5.10 Å². The van der Waals surface area contributed by atoms with E-state index < -0.39 is 0 Å². The highest BCUT2D eigenvalue weighted by atomic mass is 32.1. The highest BCUT2D eigenvalue weighted by Crippen LogP contribution is 2.16. The van der Waals surface area contributed by atoms with Crippen LogP contribution >= 0.6 is 12.2 Å². The van der Waals surface area contributed by atoms with Gasteiger partial charge in [-0.05, 0) is 41.9 Å². The van der Waals surface area contributed by atoms with Crippen molar-refractivity contribution in [3.63, 3.8) is 0 Å². The summed E-state index contributed by atoms with van der Waals surface area (Å²) in [6.07, 6.45) is 2.34. The van der Waals surface area contributed by atoms with Gasteiger partial charge in [0.1, 0.15) is 0 Å². The second-order valence-electron chi connectivity index (χ2n) is 5.39. The second kappa shape index (κ2) is 6.85. The number of nitrogens with zero attached hydrogens (tertiary/aromatic N) is 2. The van der Waals surface area contributed by atoms with Crippen molar-refractivity contribution in [3.05, 3.63) is 48.0 Å². The molecule has 2 aromatic rings. The van der Waals surface area contributed by atoms with Crippen LogP contribution in [-0.4, -0.2) is 40.5 Å². The Morgan fingerprint density at radius 1 is 1.14 bits per heavy atom. The van der Waals surface area contributed by atoms with Gasteiger partial charge in [0, 0.05) is 18.7 Å². The molecule has 1 fully saturated rings. The second-order valence-corrected chi connectivity index (χ2v) is 5.78. The molecule has 0 amide bonds. The minimum absolute atomic E-state index is 0.131. The molecule has 1 saturated heterocycles. The molecule has 4 nitrogen and oxygen atoms in total. The topological polar surface area (TPSA) is 47.9 Å². The third-order valence-corrected chi connectivity index (χ3v) is 4.26. The summed E-state index contributed by atoms with van der Waals surface area (Å²) in [6.45, 7) is 1.82. The third kappa shape index (κ3) is 3.26. The Hall–Kier alpha value is -1.98. The van der Waals surface area contributed by atoms with Crippen LogP contribution in [0.1, 0.15) is 18.4 Å².